The number of hydrogen-bond donors (Lipinski definition) is 3. The highest BCUT2D eigenvalue weighted by atomic mass is 16.5. The van der Waals surface area contributed by atoms with Crippen LogP contribution in [0.15, 0.2) is 72.8 Å². The van der Waals surface area contributed by atoms with Crippen LogP contribution in [-0.2, 0) is 36.8 Å². The Morgan fingerprint density at radius 2 is 1.58 bits per heavy atom. The first-order valence-corrected chi connectivity index (χ1v) is 18.5. The van der Waals surface area contributed by atoms with Crippen molar-refractivity contribution in [3.05, 3.63) is 95.1 Å². The Morgan fingerprint density at radius 1 is 0.887 bits per heavy atom. The average Bonchev–Trinajstić information content (AvgIpc) is 3.52. The highest BCUT2D eigenvalue weighted by molar-refractivity contribution is 6.06. The van der Waals surface area contributed by atoms with Gasteiger partial charge in [-0.2, -0.15) is 0 Å². The van der Waals surface area contributed by atoms with E-state index in [2.05, 4.69) is 35.8 Å². The Morgan fingerprint density at radius 3 is 2.25 bits per heavy atom. The first-order chi connectivity index (χ1) is 25.8. The fourth-order valence-corrected chi connectivity index (χ4v) is 5.42. The fraction of sp³-hybridized carbons (Fsp3) is 0.439. The van der Waals surface area contributed by atoms with E-state index < -0.39 is 11.9 Å². The minimum Gasteiger partial charge on any atom is -0.494 e. The van der Waals surface area contributed by atoms with Gasteiger partial charge < -0.3 is 30.2 Å². The zero-order chi connectivity index (χ0) is 38.8. The van der Waals surface area contributed by atoms with Crippen LogP contribution in [0, 0.1) is 0 Å². The Balaban J connectivity index is 0.000000288. The van der Waals surface area contributed by atoms with Crippen molar-refractivity contribution in [2.24, 2.45) is 5.73 Å². The molecule has 0 saturated carbocycles. The summed E-state index contributed by atoms with van der Waals surface area (Å²) in [6.45, 7) is 12.5. The molecule has 0 aromatic heterocycles. The van der Waals surface area contributed by atoms with Crippen LogP contribution in [0.5, 0.6) is 5.75 Å². The number of piperidine rings is 1. The number of benzene rings is 3. The molecule has 2 heterocycles. The maximum atomic E-state index is 12.4. The van der Waals surface area contributed by atoms with Crippen LogP contribution < -0.4 is 21.1 Å². The van der Waals surface area contributed by atoms with E-state index in [-0.39, 0.29) is 30.7 Å². The Labute approximate surface area is 313 Å². The third-order valence-electron chi connectivity index (χ3n) is 8.14. The molecule has 5 rings (SSSR count). The topological polar surface area (TPSA) is 166 Å². The van der Waals surface area contributed by atoms with Crippen molar-refractivity contribution in [1.82, 2.24) is 10.2 Å². The number of unbranched alkanes of at least 4 members (excludes halogenated alkanes) is 2. The van der Waals surface area contributed by atoms with Gasteiger partial charge in [0.25, 0.3) is 5.91 Å². The van der Waals surface area contributed by atoms with E-state index >= 15 is 0 Å². The molecule has 4 N–H and O–H groups in total. The molecule has 0 spiro atoms. The molecule has 0 bridgehead atoms. The zero-order valence-electron chi connectivity index (χ0n) is 31.6. The molecule has 5 amide bonds. The number of anilines is 1. The molecule has 3 aromatic carbocycles. The van der Waals surface area contributed by atoms with Gasteiger partial charge in [-0.05, 0) is 87.4 Å². The molecule has 1 fully saturated rings. The van der Waals surface area contributed by atoms with Crippen molar-refractivity contribution < 1.29 is 38.2 Å². The van der Waals surface area contributed by atoms with Crippen molar-refractivity contribution in [2.45, 2.75) is 85.2 Å². The average molecular weight is 733 g/mol. The molecule has 53 heavy (non-hydrogen) atoms. The molecular weight excluding hydrogens is 676 g/mol. The van der Waals surface area contributed by atoms with Gasteiger partial charge in [0.05, 0.1) is 6.61 Å². The number of nitrogens with one attached hydrogen (secondary N) is 2. The van der Waals surface area contributed by atoms with E-state index in [0.29, 0.717) is 35.2 Å². The van der Waals surface area contributed by atoms with Gasteiger partial charge in [-0.25, -0.2) is 0 Å². The number of aryl methyl sites for hydroxylation is 1. The summed E-state index contributed by atoms with van der Waals surface area (Å²) in [6.07, 6.45) is 6.47. The Hall–Kier alpha value is -5.07. The number of fused-ring (bicyclic) bond motifs is 1. The number of imide groups is 1. The minimum absolute atomic E-state index is 0.218. The normalized spacial score (nSPS) is 14.2. The molecule has 1 unspecified atom stereocenters. The van der Waals surface area contributed by atoms with Gasteiger partial charge in [0.2, 0.25) is 24.1 Å². The van der Waals surface area contributed by atoms with Gasteiger partial charge in [-0.3, -0.25) is 29.3 Å². The van der Waals surface area contributed by atoms with Crippen molar-refractivity contribution >= 4 is 35.7 Å². The van der Waals surface area contributed by atoms with Gasteiger partial charge >= 0.3 is 0 Å². The number of nitrogens with zero attached hydrogens (tertiary/aromatic N) is 1. The molecule has 12 heteroatoms. The minimum atomic E-state index is -0.647. The molecule has 288 valence electrons. The number of carbonyl (C=O) groups excluding carboxylic acids is 5. The summed E-state index contributed by atoms with van der Waals surface area (Å²) >= 11 is 0. The maximum absolute atomic E-state index is 12.4. The SMILES string of the molecule is CC.CCOCCCOCCCCCOc1cccc(CC)c1.NC(=O)c1ccccc1.O=CNc1cccc2c1CN(C1CCC(=O)NC1=O)C2=O. The summed E-state index contributed by atoms with van der Waals surface area (Å²) in [6, 6.07) is 21.5. The lowest BCUT2D eigenvalue weighted by atomic mass is 10.0. The fourth-order valence-electron chi connectivity index (χ4n) is 5.42. The van der Waals surface area contributed by atoms with Crippen molar-refractivity contribution in [3.63, 3.8) is 0 Å². The number of primary amides is 1. The zero-order valence-corrected chi connectivity index (χ0v) is 31.6. The van der Waals surface area contributed by atoms with Crippen LogP contribution >= 0.6 is 0 Å². The van der Waals surface area contributed by atoms with E-state index in [0.717, 1.165) is 70.9 Å². The van der Waals surface area contributed by atoms with Gasteiger partial charge in [-0.1, -0.05) is 57.2 Å². The summed E-state index contributed by atoms with van der Waals surface area (Å²) in [5, 5.41) is 4.81. The van der Waals surface area contributed by atoms with E-state index in [1.807, 2.05) is 32.9 Å². The highest BCUT2D eigenvalue weighted by Gasteiger charge is 2.39. The number of nitrogens with two attached hydrogens (primary N) is 1. The molecule has 2 aliphatic heterocycles. The van der Waals surface area contributed by atoms with E-state index in [4.69, 9.17) is 19.9 Å². The molecular formula is C41H56N4O8. The number of ether oxygens (including phenoxy) is 3. The molecule has 2 aliphatic rings. The predicted molar refractivity (Wildman–Crippen MR) is 206 cm³/mol. The molecule has 1 atom stereocenters. The van der Waals surface area contributed by atoms with Gasteiger partial charge in [0.1, 0.15) is 11.8 Å². The monoisotopic (exact) mass is 732 g/mol. The molecule has 0 aliphatic carbocycles. The van der Waals surface area contributed by atoms with E-state index in [1.165, 1.54) is 10.5 Å². The lowest BCUT2D eigenvalue weighted by Gasteiger charge is -2.29. The summed E-state index contributed by atoms with van der Waals surface area (Å²) in [5.41, 5.74) is 8.59. The number of amides is 5. The number of rotatable bonds is 17. The second-order valence-corrected chi connectivity index (χ2v) is 11.8. The second-order valence-electron chi connectivity index (χ2n) is 11.8. The van der Waals surface area contributed by atoms with Crippen LogP contribution in [0.4, 0.5) is 5.69 Å². The summed E-state index contributed by atoms with van der Waals surface area (Å²) < 4.78 is 16.6. The highest BCUT2D eigenvalue weighted by Crippen LogP contribution is 2.32. The second kappa shape index (κ2) is 25.8. The van der Waals surface area contributed by atoms with Crippen molar-refractivity contribution in [1.29, 1.82) is 0 Å². The van der Waals surface area contributed by atoms with Crippen LogP contribution in [0.1, 0.15) is 98.1 Å². The van der Waals surface area contributed by atoms with E-state index in [9.17, 15) is 24.0 Å². The van der Waals surface area contributed by atoms with Crippen LogP contribution in [-0.4, -0.2) is 74.0 Å². The lowest BCUT2D eigenvalue weighted by Crippen LogP contribution is -2.52. The van der Waals surface area contributed by atoms with E-state index in [1.54, 1.807) is 42.5 Å². The summed E-state index contributed by atoms with van der Waals surface area (Å²) in [4.78, 5) is 58.0. The summed E-state index contributed by atoms with van der Waals surface area (Å²) in [5.74, 6) is -0.410. The summed E-state index contributed by atoms with van der Waals surface area (Å²) in [7, 11) is 0. The first kappa shape index (κ1) is 44.1. The number of carbonyl (C=O) groups is 5. The van der Waals surface area contributed by atoms with Gasteiger partial charge in [0, 0.05) is 61.8 Å². The van der Waals surface area contributed by atoms with Crippen molar-refractivity contribution in [2.75, 3.05) is 38.4 Å². The maximum Gasteiger partial charge on any atom is 0.255 e. The van der Waals surface area contributed by atoms with Crippen molar-refractivity contribution in [3.8, 4) is 5.75 Å². The van der Waals surface area contributed by atoms with Crippen LogP contribution in [0.3, 0.4) is 0 Å². The Kier molecular flexibility index (Phi) is 21.5. The largest absolute Gasteiger partial charge is 0.494 e. The molecule has 3 aromatic rings. The van der Waals surface area contributed by atoms with Gasteiger partial charge in [0.15, 0.2) is 0 Å². The smallest absolute Gasteiger partial charge is 0.255 e. The van der Waals surface area contributed by atoms with Crippen LogP contribution in [0.2, 0.25) is 0 Å². The quantitative estimate of drug-likeness (QED) is 0.0855. The lowest BCUT2D eigenvalue weighted by molar-refractivity contribution is -0.137. The third-order valence-corrected chi connectivity index (χ3v) is 8.14. The molecule has 1 saturated heterocycles. The number of hydrogen-bond acceptors (Lipinski definition) is 8. The molecule has 12 nitrogen and oxygen atoms in total. The Bertz CT molecular complexity index is 1570. The molecule has 0 radical (unpaired) electrons. The third kappa shape index (κ3) is 15.6. The van der Waals surface area contributed by atoms with Gasteiger partial charge in [-0.15, -0.1) is 0 Å². The van der Waals surface area contributed by atoms with Crippen LogP contribution in [0.25, 0.3) is 0 Å². The first-order valence-electron chi connectivity index (χ1n) is 18.5. The predicted octanol–water partition coefficient (Wildman–Crippen LogP) is 6.07. The standard InChI is InChI=1S/C18H30O3.C14H13N3O4.C7H7NO.C2H6/c1-3-17-10-8-11-18(16-17)21-15-7-5-6-12-20-14-9-13-19-4-2;18-7-15-10-3-1-2-8-9(10)6-17(14(8)21)11-4-5-12(19)16-13(11)20;8-7(9)6-4-2-1-3-5-6;1-2/h8,10-11,16H,3-7,9,12-15H2,1-2H3;1-3,7,11H,4-6H2,(H,15,18)(H,16,19,20);1-5H,(H2,8,9);1-2H3.